The van der Waals surface area contributed by atoms with Crippen LogP contribution in [0.1, 0.15) is 32.0 Å². The molecule has 3 rings (SSSR count). The number of oxime groups is 1. The molecule has 4 N–H and O–H groups in total. The molecule has 1 atom stereocenters. The Kier molecular flexibility index (Phi) is 6.14. The van der Waals surface area contributed by atoms with Crippen LogP contribution in [0.4, 0.5) is 9.39 Å². The van der Waals surface area contributed by atoms with E-state index in [4.69, 9.17) is 22.2 Å². The van der Waals surface area contributed by atoms with Gasteiger partial charge in [0, 0.05) is 6.42 Å². The number of carbonyl (C=O) groups excluding carboxylic acids is 3. The lowest BCUT2D eigenvalue weighted by Crippen LogP contribution is -2.33. The number of primary amides is 1. The van der Waals surface area contributed by atoms with Gasteiger partial charge in [-0.05, 0) is 36.8 Å². The summed E-state index contributed by atoms with van der Waals surface area (Å²) in [6.45, 7) is 1.87. The van der Waals surface area contributed by atoms with Crippen molar-refractivity contribution >= 4 is 51.4 Å². The predicted molar refractivity (Wildman–Crippen MR) is 107 cm³/mol. The van der Waals surface area contributed by atoms with Crippen molar-refractivity contribution in [2.24, 2.45) is 10.9 Å². The van der Waals surface area contributed by atoms with E-state index >= 15 is 0 Å². The lowest BCUT2D eigenvalue weighted by atomic mass is 10.1. The molecular weight excluding hydrogens is 423 g/mol. The third-order valence-corrected chi connectivity index (χ3v) is 5.51. The monoisotopic (exact) mass is 438 g/mol. The SMILES string of the molecule is Cc1cc(NC(=O)c2ccc(F)cc2Cl)sc1C(=O)NC[C@@H]1CC(C(N)=O)=NO1. The van der Waals surface area contributed by atoms with Crippen molar-refractivity contribution < 1.29 is 23.6 Å². The zero-order chi connectivity index (χ0) is 21.1. The van der Waals surface area contributed by atoms with E-state index in [2.05, 4.69) is 15.8 Å². The maximum atomic E-state index is 13.1. The summed E-state index contributed by atoms with van der Waals surface area (Å²) in [6, 6.07) is 5.12. The van der Waals surface area contributed by atoms with Gasteiger partial charge in [-0.1, -0.05) is 16.8 Å². The number of nitrogens with zero attached hydrogens (tertiary/aromatic N) is 1. The number of carbonyl (C=O) groups is 3. The molecule has 11 heteroatoms. The Morgan fingerprint density at radius 1 is 1.34 bits per heavy atom. The van der Waals surface area contributed by atoms with Crippen molar-refractivity contribution in [1.29, 1.82) is 0 Å². The number of rotatable bonds is 6. The van der Waals surface area contributed by atoms with Crippen molar-refractivity contribution in [3.63, 3.8) is 0 Å². The molecule has 29 heavy (non-hydrogen) atoms. The van der Waals surface area contributed by atoms with E-state index in [0.29, 0.717) is 15.4 Å². The largest absolute Gasteiger partial charge is 0.390 e. The quantitative estimate of drug-likeness (QED) is 0.641. The minimum Gasteiger partial charge on any atom is -0.390 e. The molecule has 1 aliphatic heterocycles. The Hall–Kier alpha value is -2.98. The van der Waals surface area contributed by atoms with Crippen LogP contribution in [0.2, 0.25) is 5.02 Å². The molecule has 0 radical (unpaired) electrons. The molecule has 1 aliphatic rings. The molecule has 0 bridgehead atoms. The van der Waals surface area contributed by atoms with Gasteiger partial charge >= 0.3 is 0 Å². The van der Waals surface area contributed by atoms with Crippen LogP contribution in [-0.4, -0.2) is 36.1 Å². The molecular formula is C18H16ClFN4O4S. The van der Waals surface area contributed by atoms with E-state index < -0.39 is 23.7 Å². The summed E-state index contributed by atoms with van der Waals surface area (Å²) in [5.41, 5.74) is 6.04. The highest BCUT2D eigenvalue weighted by Gasteiger charge is 2.25. The van der Waals surface area contributed by atoms with Crippen LogP contribution in [0.25, 0.3) is 0 Å². The predicted octanol–water partition coefficient (Wildman–Crippen LogP) is 2.46. The summed E-state index contributed by atoms with van der Waals surface area (Å²) < 4.78 is 13.1. The lowest BCUT2D eigenvalue weighted by molar-refractivity contribution is -0.112. The maximum absolute atomic E-state index is 13.1. The first kappa shape index (κ1) is 20.7. The summed E-state index contributed by atoms with van der Waals surface area (Å²) in [5, 5.41) is 9.35. The van der Waals surface area contributed by atoms with E-state index in [9.17, 15) is 18.8 Å². The van der Waals surface area contributed by atoms with E-state index in [1.54, 1.807) is 13.0 Å². The standard InChI is InChI=1S/C18H16ClFN4O4S/c1-8-4-14(23-17(26)11-3-2-9(20)5-12(11)19)29-15(8)18(27)22-7-10-6-13(16(21)25)24-28-10/h2-5,10H,6-7H2,1H3,(H2,21,25)(H,22,27)(H,23,26)/t10-/m0/s1. The Bertz CT molecular complexity index is 1020. The van der Waals surface area contributed by atoms with Gasteiger partial charge in [-0.2, -0.15) is 0 Å². The molecule has 1 aromatic carbocycles. The van der Waals surface area contributed by atoms with Gasteiger partial charge in [0.1, 0.15) is 11.5 Å². The first-order valence-electron chi connectivity index (χ1n) is 8.42. The van der Waals surface area contributed by atoms with Crippen molar-refractivity contribution in [2.75, 3.05) is 11.9 Å². The normalized spacial score (nSPS) is 15.4. The highest BCUT2D eigenvalue weighted by atomic mass is 35.5. The summed E-state index contributed by atoms with van der Waals surface area (Å²) in [4.78, 5) is 41.3. The summed E-state index contributed by atoms with van der Waals surface area (Å²) in [6.07, 6.45) is -0.250. The third-order valence-electron chi connectivity index (χ3n) is 4.04. The van der Waals surface area contributed by atoms with E-state index in [-0.39, 0.29) is 35.2 Å². The van der Waals surface area contributed by atoms with Crippen LogP contribution in [0, 0.1) is 12.7 Å². The van der Waals surface area contributed by atoms with Crippen LogP contribution in [0.15, 0.2) is 29.4 Å². The molecule has 2 heterocycles. The molecule has 0 saturated carbocycles. The Labute approximate surface area is 173 Å². The Morgan fingerprint density at radius 2 is 2.10 bits per heavy atom. The number of amides is 3. The zero-order valence-corrected chi connectivity index (χ0v) is 16.7. The second-order valence-electron chi connectivity index (χ2n) is 6.24. The highest BCUT2D eigenvalue weighted by Crippen LogP contribution is 2.28. The fraction of sp³-hybridized carbons (Fsp3) is 0.222. The van der Waals surface area contributed by atoms with Crippen LogP contribution >= 0.6 is 22.9 Å². The number of hydrogen-bond donors (Lipinski definition) is 3. The molecule has 0 spiro atoms. The van der Waals surface area contributed by atoms with E-state index in [1.165, 1.54) is 6.07 Å². The van der Waals surface area contributed by atoms with Gasteiger partial charge in [0.2, 0.25) is 0 Å². The minimum absolute atomic E-state index is 0.0112. The molecule has 8 nitrogen and oxygen atoms in total. The highest BCUT2D eigenvalue weighted by molar-refractivity contribution is 7.18. The first-order valence-corrected chi connectivity index (χ1v) is 9.61. The Balaban J connectivity index is 1.60. The van der Waals surface area contributed by atoms with Crippen LogP contribution in [0.3, 0.4) is 0 Å². The van der Waals surface area contributed by atoms with E-state index in [1.807, 2.05) is 0 Å². The summed E-state index contributed by atoms with van der Waals surface area (Å²) in [7, 11) is 0. The Morgan fingerprint density at radius 3 is 2.76 bits per heavy atom. The van der Waals surface area contributed by atoms with Crippen molar-refractivity contribution in [3.05, 3.63) is 51.1 Å². The molecule has 152 valence electrons. The number of nitrogens with two attached hydrogens (primary N) is 1. The van der Waals surface area contributed by atoms with Gasteiger partial charge in [-0.15, -0.1) is 11.3 Å². The number of halogens is 2. The third kappa shape index (κ3) is 4.90. The topological polar surface area (TPSA) is 123 Å². The second kappa shape index (κ2) is 8.58. The molecule has 1 aromatic heterocycles. The van der Waals surface area contributed by atoms with Gasteiger partial charge in [0.25, 0.3) is 17.7 Å². The van der Waals surface area contributed by atoms with Gasteiger partial charge in [0.05, 0.1) is 27.0 Å². The number of benzene rings is 1. The number of anilines is 1. The second-order valence-corrected chi connectivity index (χ2v) is 7.70. The number of nitrogens with one attached hydrogen (secondary N) is 2. The van der Waals surface area contributed by atoms with Gasteiger partial charge < -0.3 is 21.2 Å². The number of thiophene rings is 1. The van der Waals surface area contributed by atoms with Crippen LogP contribution in [0.5, 0.6) is 0 Å². The van der Waals surface area contributed by atoms with Gasteiger partial charge in [-0.3, -0.25) is 14.4 Å². The number of aryl methyl sites for hydroxylation is 1. The molecule has 0 fully saturated rings. The van der Waals surface area contributed by atoms with Crippen molar-refractivity contribution in [3.8, 4) is 0 Å². The van der Waals surface area contributed by atoms with Crippen LogP contribution in [-0.2, 0) is 9.63 Å². The minimum atomic E-state index is -0.658. The molecule has 3 amide bonds. The fourth-order valence-electron chi connectivity index (χ4n) is 2.59. The van der Waals surface area contributed by atoms with Gasteiger partial charge in [-0.25, -0.2) is 4.39 Å². The maximum Gasteiger partial charge on any atom is 0.266 e. The molecule has 0 unspecified atom stereocenters. The number of hydrogen-bond acceptors (Lipinski definition) is 6. The summed E-state index contributed by atoms with van der Waals surface area (Å²) >= 11 is 6.98. The van der Waals surface area contributed by atoms with Crippen molar-refractivity contribution in [1.82, 2.24) is 5.32 Å². The molecule has 0 aliphatic carbocycles. The average molecular weight is 439 g/mol. The first-order chi connectivity index (χ1) is 13.7. The smallest absolute Gasteiger partial charge is 0.266 e. The van der Waals surface area contributed by atoms with Gasteiger partial charge in [0.15, 0.2) is 6.10 Å². The summed E-state index contributed by atoms with van der Waals surface area (Å²) in [5.74, 6) is -2.07. The molecule has 0 saturated heterocycles. The molecule has 2 aromatic rings. The lowest BCUT2D eigenvalue weighted by Gasteiger charge is -2.09. The van der Waals surface area contributed by atoms with Crippen LogP contribution < -0.4 is 16.4 Å². The fourth-order valence-corrected chi connectivity index (χ4v) is 3.83. The average Bonchev–Trinajstić information content (AvgIpc) is 3.26. The zero-order valence-electron chi connectivity index (χ0n) is 15.1. The van der Waals surface area contributed by atoms with Crippen molar-refractivity contribution in [2.45, 2.75) is 19.4 Å². The van der Waals surface area contributed by atoms with E-state index in [0.717, 1.165) is 23.5 Å².